The molecule has 0 spiro atoms. The van der Waals surface area contributed by atoms with Crippen LogP contribution in [-0.2, 0) is 19.1 Å². The highest BCUT2D eigenvalue weighted by molar-refractivity contribution is 7.07. The van der Waals surface area contributed by atoms with Gasteiger partial charge in [0.1, 0.15) is 10.5 Å². The summed E-state index contributed by atoms with van der Waals surface area (Å²) in [6.07, 6.45) is 7.98. The average Bonchev–Trinajstić information content (AvgIpc) is 3.15. The molecule has 0 aromatic carbocycles. The number of ether oxygens (including phenoxy) is 2. The fraction of sp³-hybridized carbons (Fsp3) is 0.174. The topological polar surface area (TPSA) is 126 Å². The van der Waals surface area contributed by atoms with Gasteiger partial charge in [-0.2, -0.15) is 0 Å². The number of thiazole rings is 1. The summed E-state index contributed by atoms with van der Waals surface area (Å²) in [6, 6.07) is 6.94. The number of hydrogen-bond donors (Lipinski definition) is 1. The Morgan fingerprint density at radius 2 is 1.88 bits per heavy atom. The quantitative estimate of drug-likeness (QED) is 0.536. The predicted octanol–water partition coefficient (Wildman–Crippen LogP) is 0.340. The number of carbonyl (C=O) groups excluding carboxylic acids is 2. The number of fused-ring (bicyclic) bond motifs is 1. The minimum atomic E-state index is -0.922. The van der Waals surface area contributed by atoms with Crippen LogP contribution in [0.25, 0.3) is 17.5 Å². The molecular weight excluding hydrogens is 444 g/mol. The number of nitrogens with zero attached hydrogens (tertiary/aromatic N) is 3. The first-order valence-electron chi connectivity index (χ1n) is 10.0. The molecule has 9 nitrogen and oxygen atoms in total. The molecule has 4 heterocycles. The van der Waals surface area contributed by atoms with Crippen molar-refractivity contribution in [1.82, 2.24) is 14.5 Å². The number of nitrogens with two attached hydrogens (primary N) is 1. The number of rotatable bonds is 5. The Labute approximate surface area is 192 Å². The SMILES string of the molecule is CCOC(=O)C1=C(N)n2c(s/c(=C/c3cccnc3)c2=O)=C(C(=O)OC)[C@@H]1c1cccnc1. The van der Waals surface area contributed by atoms with Crippen molar-refractivity contribution in [3.05, 3.63) is 85.3 Å². The first-order valence-corrected chi connectivity index (χ1v) is 10.8. The summed E-state index contributed by atoms with van der Waals surface area (Å²) in [6.45, 7) is 1.75. The summed E-state index contributed by atoms with van der Waals surface area (Å²) in [5.74, 6) is -2.44. The fourth-order valence-corrected chi connectivity index (χ4v) is 4.82. The largest absolute Gasteiger partial charge is 0.466 e. The summed E-state index contributed by atoms with van der Waals surface area (Å²) in [5.41, 5.74) is 7.25. The zero-order valence-corrected chi connectivity index (χ0v) is 18.7. The molecule has 1 aliphatic rings. The van der Waals surface area contributed by atoms with Crippen molar-refractivity contribution < 1.29 is 19.1 Å². The zero-order valence-electron chi connectivity index (χ0n) is 17.8. The second kappa shape index (κ2) is 9.21. The Hall–Kier alpha value is -4.05. The number of pyridine rings is 2. The van der Waals surface area contributed by atoms with Gasteiger partial charge in [-0.25, -0.2) is 9.59 Å². The van der Waals surface area contributed by atoms with Crippen molar-refractivity contribution in [2.75, 3.05) is 13.7 Å². The van der Waals surface area contributed by atoms with Gasteiger partial charge < -0.3 is 15.2 Å². The van der Waals surface area contributed by atoms with Gasteiger partial charge in [0.05, 0.1) is 35.3 Å². The third kappa shape index (κ3) is 3.96. The zero-order chi connectivity index (χ0) is 23.5. The Kier molecular flexibility index (Phi) is 6.18. The Morgan fingerprint density at radius 3 is 2.48 bits per heavy atom. The molecule has 1 aliphatic heterocycles. The van der Waals surface area contributed by atoms with Crippen LogP contribution < -0.4 is 20.5 Å². The standard InChI is InChI=1S/C23H20N4O5S/c1-3-32-23(30)17-16(14-7-5-9-26-12-14)18(22(29)31-2)21-27(19(17)24)20(28)15(33-21)10-13-6-4-8-25-11-13/h4-12,16H,3,24H2,1-2H3/b15-10+/t16-/m1/s1. The molecule has 1 atom stereocenters. The van der Waals surface area contributed by atoms with E-state index in [4.69, 9.17) is 15.2 Å². The molecule has 10 heteroatoms. The molecule has 3 aromatic rings. The van der Waals surface area contributed by atoms with Crippen LogP contribution in [0.5, 0.6) is 0 Å². The van der Waals surface area contributed by atoms with Crippen LogP contribution >= 0.6 is 11.3 Å². The smallest absolute Gasteiger partial charge is 0.338 e. The van der Waals surface area contributed by atoms with Crippen molar-refractivity contribution >= 4 is 40.7 Å². The van der Waals surface area contributed by atoms with E-state index in [-0.39, 0.29) is 28.2 Å². The highest BCUT2D eigenvalue weighted by atomic mass is 32.1. The lowest BCUT2D eigenvalue weighted by molar-refractivity contribution is -0.138. The van der Waals surface area contributed by atoms with Crippen LogP contribution in [-0.4, -0.2) is 40.2 Å². The van der Waals surface area contributed by atoms with Crippen molar-refractivity contribution in [1.29, 1.82) is 0 Å². The molecule has 0 radical (unpaired) electrons. The lowest BCUT2D eigenvalue weighted by atomic mass is 9.84. The molecule has 168 valence electrons. The van der Waals surface area contributed by atoms with Crippen molar-refractivity contribution in [2.45, 2.75) is 12.8 Å². The van der Waals surface area contributed by atoms with Crippen LogP contribution in [0.2, 0.25) is 0 Å². The van der Waals surface area contributed by atoms with Crippen LogP contribution in [0, 0.1) is 0 Å². The van der Waals surface area contributed by atoms with E-state index in [0.29, 0.717) is 15.7 Å². The number of carbonyl (C=O) groups is 2. The van der Waals surface area contributed by atoms with Crippen LogP contribution in [0.3, 0.4) is 0 Å². The second-order valence-corrected chi connectivity index (χ2v) is 8.02. The van der Waals surface area contributed by atoms with Crippen LogP contribution in [0.15, 0.2) is 59.4 Å². The van der Waals surface area contributed by atoms with Gasteiger partial charge in [-0.3, -0.25) is 19.3 Å². The van der Waals surface area contributed by atoms with Crippen LogP contribution in [0.4, 0.5) is 0 Å². The summed E-state index contributed by atoms with van der Waals surface area (Å²) < 4.78 is 12.0. The fourth-order valence-electron chi connectivity index (χ4n) is 3.66. The van der Waals surface area contributed by atoms with Crippen molar-refractivity contribution in [2.24, 2.45) is 5.73 Å². The summed E-state index contributed by atoms with van der Waals surface area (Å²) in [5, 5.41) is 0. The maximum absolute atomic E-state index is 13.3. The van der Waals surface area contributed by atoms with Gasteiger partial charge in [0, 0.05) is 24.8 Å². The van der Waals surface area contributed by atoms with Gasteiger partial charge in [0.25, 0.3) is 5.56 Å². The lowest BCUT2D eigenvalue weighted by Gasteiger charge is -2.26. The van der Waals surface area contributed by atoms with Gasteiger partial charge in [-0.05, 0) is 36.3 Å². The van der Waals surface area contributed by atoms with E-state index in [9.17, 15) is 14.4 Å². The number of methoxy groups -OCH3 is 1. The predicted molar refractivity (Wildman–Crippen MR) is 122 cm³/mol. The molecule has 0 aliphatic carbocycles. The summed E-state index contributed by atoms with van der Waals surface area (Å²) >= 11 is 1.08. The van der Waals surface area contributed by atoms with Crippen molar-refractivity contribution in [3.8, 4) is 0 Å². The maximum atomic E-state index is 13.3. The maximum Gasteiger partial charge on any atom is 0.338 e. The van der Waals surface area contributed by atoms with Gasteiger partial charge >= 0.3 is 11.9 Å². The first-order chi connectivity index (χ1) is 16.0. The van der Waals surface area contributed by atoms with E-state index in [1.807, 2.05) is 0 Å². The molecule has 3 aromatic heterocycles. The van der Waals surface area contributed by atoms with E-state index in [0.717, 1.165) is 15.9 Å². The van der Waals surface area contributed by atoms with E-state index in [1.54, 1.807) is 55.9 Å². The molecule has 0 unspecified atom stereocenters. The third-order valence-corrected chi connectivity index (χ3v) is 6.16. The van der Waals surface area contributed by atoms with Gasteiger partial charge in [0.15, 0.2) is 0 Å². The molecule has 0 amide bonds. The number of hydrogen-bond acceptors (Lipinski definition) is 9. The molecule has 33 heavy (non-hydrogen) atoms. The number of aromatic nitrogens is 3. The van der Waals surface area contributed by atoms with E-state index in [2.05, 4.69) is 9.97 Å². The molecule has 0 saturated heterocycles. The third-order valence-electron chi connectivity index (χ3n) is 5.05. The molecule has 4 rings (SSSR count). The number of esters is 2. The molecule has 2 N–H and O–H groups in total. The normalized spacial score (nSPS) is 15.9. The monoisotopic (exact) mass is 464 g/mol. The first kappa shape index (κ1) is 22.2. The minimum absolute atomic E-state index is 0.0226. The van der Waals surface area contributed by atoms with Gasteiger partial charge in [0.2, 0.25) is 0 Å². The molecule has 0 saturated carbocycles. The Morgan fingerprint density at radius 1 is 1.15 bits per heavy atom. The lowest BCUT2D eigenvalue weighted by Crippen LogP contribution is -2.41. The minimum Gasteiger partial charge on any atom is -0.466 e. The highest BCUT2D eigenvalue weighted by Gasteiger charge is 2.39. The van der Waals surface area contributed by atoms with E-state index in [1.165, 1.54) is 13.3 Å². The Bertz CT molecular complexity index is 1420. The molecule has 0 fully saturated rings. The summed E-state index contributed by atoms with van der Waals surface area (Å²) in [4.78, 5) is 47.5. The Balaban J connectivity index is 2.12. The van der Waals surface area contributed by atoms with Gasteiger partial charge in [-0.1, -0.05) is 12.1 Å². The summed E-state index contributed by atoms with van der Waals surface area (Å²) in [7, 11) is 1.24. The molecule has 0 bridgehead atoms. The average molecular weight is 465 g/mol. The van der Waals surface area contributed by atoms with Crippen molar-refractivity contribution in [3.63, 3.8) is 0 Å². The van der Waals surface area contributed by atoms with Crippen LogP contribution in [0.1, 0.15) is 24.0 Å². The second-order valence-electron chi connectivity index (χ2n) is 6.99. The van der Waals surface area contributed by atoms with Gasteiger partial charge in [-0.15, -0.1) is 11.3 Å². The highest BCUT2D eigenvalue weighted by Crippen LogP contribution is 2.37. The van der Waals surface area contributed by atoms with E-state index < -0.39 is 23.4 Å². The van der Waals surface area contributed by atoms with E-state index >= 15 is 0 Å². The molecular formula is C23H20N4O5S.